The molecule has 0 aromatic carbocycles. The van der Waals surface area contributed by atoms with Gasteiger partial charge in [0.15, 0.2) is 0 Å². The highest BCUT2D eigenvalue weighted by Gasteiger charge is 2.14. The molecule has 0 spiro atoms. The number of amides is 1. The first kappa shape index (κ1) is 28.3. The number of nitrogens with one attached hydrogen (secondary N) is 1. The van der Waals surface area contributed by atoms with Crippen LogP contribution in [0.5, 0.6) is 0 Å². The van der Waals surface area contributed by atoms with Gasteiger partial charge in [0, 0.05) is 6.42 Å². The van der Waals surface area contributed by atoms with Crippen LogP contribution in [-0.2, 0) is 13.9 Å². The van der Waals surface area contributed by atoms with Crippen molar-refractivity contribution in [3.8, 4) is 0 Å². The molecule has 0 saturated heterocycles. The number of hydrogen-bond donors (Lipinski definition) is 3. The van der Waals surface area contributed by atoms with Gasteiger partial charge in [0.2, 0.25) is 5.91 Å². The molecule has 1 amide bonds. The Labute approximate surface area is 176 Å². The maximum Gasteiger partial charge on any atom is 0.265 e. The van der Waals surface area contributed by atoms with Gasteiger partial charge in [-0.25, -0.2) is 0 Å². The Kier molecular flexibility index (Phi) is 18.8. The van der Waals surface area contributed by atoms with Crippen molar-refractivity contribution in [2.24, 2.45) is 0 Å². The molecule has 0 aliphatic carbocycles. The number of carbonyl (C=O) groups excluding carboxylic acids is 1. The molecular weight excluding hydrogens is 393 g/mol. The van der Waals surface area contributed by atoms with Gasteiger partial charge in [0.25, 0.3) is 7.82 Å². The molecule has 0 aromatic heterocycles. The van der Waals surface area contributed by atoms with Crippen molar-refractivity contribution < 1.29 is 28.8 Å². The van der Waals surface area contributed by atoms with Crippen molar-refractivity contribution in [3.63, 3.8) is 0 Å². The Morgan fingerprint density at radius 3 is 2.03 bits per heavy atom. The van der Waals surface area contributed by atoms with E-state index in [4.69, 9.17) is 10.00 Å². The summed E-state index contributed by atoms with van der Waals surface area (Å²) in [5, 5.41) is 11.6. The zero-order valence-electron chi connectivity index (χ0n) is 18.0. The van der Waals surface area contributed by atoms with Crippen LogP contribution in [0.1, 0.15) is 96.8 Å². The van der Waals surface area contributed by atoms with Gasteiger partial charge in [-0.2, -0.15) is 0 Å². The fourth-order valence-electron chi connectivity index (χ4n) is 2.98. The molecule has 29 heavy (non-hydrogen) atoms. The Hall–Kier alpha value is -0.720. The van der Waals surface area contributed by atoms with Crippen molar-refractivity contribution in [2.75, 3.05) is 13.2 Å². The zero-order valence-corrected chi connectivity index (χ0v) is 18.9. The second kappa shape index (κ2) is 19.3. The molecule has 0 aliphatic rings. The third kappa shape index (κ3) is 21.8. The third-order valence-electron chi connectivity index (χ3n) is 4.69. The van der Waals surface area contributed by atoms with Gasteiger partial charge in [-0.3, -0.25) is 9.36 Å². The van der Waals surface area contributed by atoms with Crippen LogP contribution in [0.2, 0.25) is 0 Å². The topological polar surface area (TPSA) is 119 Å². The van der Waals surface area contributed by atoms with Gasteiger partial charge in [-0.05, 0) is 32.1 Å². The van der Waals surface area contributed by atoms with Gasteiger partial charge >= 0.3 is 0 Å². The van der Waals surface area contributed by atoms with Gasteiger partial charge < -0.3 is 24.7 Å². The molecule has 0 aliphatic heterocycles. The number of phosphoric acid groups is 1. The summed E-state index contributed by atoms with van der Waals surface area (Å²) in [6.07, 6.45) is 20.3. The number of carbonyl (C=O) groups is 1. The molecule has 0 fully saturated rings. The van der Waals surface area contributed by atoms with E-state index in [1.54, 1.807) is 0 Å². The van der Waals surface area contributed by atoms with Crippen molar-refractivity contribution in [3.05, 3.63) is 12.2 Å². The van der Waals surface area contributed by atoms with Crippen LogP contribution in [0, 0.1) is 0 Å². The van der Waals surface area contributed by atoms with E-state index in [0.717, 1.165) is 32.1 Å². The molecule has 1 unspecified atom stereocenters. The summed E-state index contributed by atoms with van der Waals surface area (Å²) < 4.78 is 14.7. The van der Waals surface area contributed by atoms with Gasteiger partial charge in [0.1, 0.15) is 0 Å². The number of aliphatic hydroxyl groups excluding tert-OH is 1. The maximum atomic E-state index is 11.8. The molecule has 0 bridgehead atoms. The van der Waals surface area contributed by atoms with E-state index in [2.05, 4.69) is 28.9 Å². The van der Waals surface area contributed by atoms with Crippen LogP contribution in [0.3, 0.4) is 0 Å². The lowest BCUT2D eigenvalue weighted by atomic mass is 10.1. The highest BCUT2D eigenvalue weighted by molar-refractivity contribution is 7.44. The molecule has 0 heterocycles. The van der Waals surface area contributed by atoms with Crippen LogP contribution in [0.15, 0.2) is 12.2 Å². The van der Waals surface area contributed by atoms with E-state index in [-0.39, 0.29) is 5.91 Å². The summed E-state index contributed by atoms with van der Waals surface area (Å²) in [5.41, 5.74) is 0. The zero-order chi connectivity index (χ0) is 21.8. The first-order chi connectivity index (χ1) is 13.9. The predicted octanol–water partition coefficient (Wildman–Crippen LogP) is 3.98. The Morgan fingerprint density at radius 2 is 1.52 bits per heavy atom. The molecule has 0 aromatic rings. The largest absolute Gasteiger partial charge is 0.756 e. The highest BCUT2D eigenvalue weighted by atomic mass is 31.2. The minimum atomic E-state index is -4.85. The normalized spacial score (nSPS) is 14.8. The van der Waals surface area contributed by atoms with Crippen LogP contribution in [0.4, 0.5) is 0 Å². The summed E-state index contributed by atoms with van der Waals surface area (Å²) in [6.45, 7) is 1.30. The summed E-state index contributed by atoms with van der Waals surface area (Å²) in [5.74, 6) is -0.260. The lowest BCUT2D eigenvalue weighted by molar-refractivity contribution is -0.220. The molecule has 8 heteroatoms. The highest BCUT2D eigenvalue weighted by Crippen LogP contribution is 2.30. The summed E-state index contributed by atoms with van der Waals surface area (Å²) in [4.78, 5) is 30.8. The summed E-state index contributed by atoms with van der Waals surface area (Å²) >= 11 is 0. The minimum Gasteiger partial charge on any atom is -0.756 e. The maximum absolute atomic E-state index is 11.8. The van der Waals surface area contributed by atoms with Crippen molar-refractivity contribution >= 4 is 13.7 Å². The molecular formula is C21H41NO6P-. The molecule has 172 valence electrons. The standard InChI is InChI=1S/C21H42NO6P/c1-2-3-4-5-6-7-8-9-10-11-12-13-14-15-16-17-21(24)22-20(18-23)19-28-29(25,26)27/h9-10,20,23H,2-8,11-19H2,1H3,(H,22,24)(H2,25,26,27)/p-1/b10-9-/t20-/m1/s1. The number of aliphatic hydroxyl groups is 1. The molecule has 3 N–H and O–H groups in total. The van der Waals surface area contributed by atoms with E-state index in [0.29, 0.717) is 6.42 Å². The lowest BCUT2D eigenvalue weighted by Gasteiger charge is -2.21. The average molecular weight is 435 g/mol. The average Bonchev–Trinajstić information content (AvgIpc) is 2.67. The van der Waals surface area contributed by atoms with E-state index >= 15 is 0 Å². The smallest absolute Gasteiger partial charge is 0.265 e. The van der Waals surface area contributed by atoms with Crippen LogP contribution in [-0.4, -0.2) is 35.2 Å². The van der Waals surface area contributed by atoms with Crippen molar-refractivity contribution in [2.45, 2.75) is 103 Å². The van der Waals surface area contributed by atoms with Gasteiger partial charge in [0.05, 0.1) is 19.3 Å². The van der Waals surface area contributed by atoms with E-state index < -0.39 is 27.1 Å². The monoisotopic (exact) mass is 434 g/mol. The fourth-order valence-corrected chi connectivity index (χ4v) is 3.35. The number of allylic oxidation sites excluding steroid dienone is 2. The Balaban J connectivity index is 3.49. The van der Waals surface area contributed by atoms with Gasteiger partial charge in [-0.15, -0.1) is 0 Å². The third-order valence-corrected chi connectivity index (χ3v) is 5.17. The van der Waals surface area contributed by atoms with E-state index in [9.17, 15) is 14.3 Å². The molecule has 0 radical (unpaired) electrons. The van der Waals surface area contributed by atoms with Crippen LogP contribution < -0.4 is 10.2 Å². The number of hydrogen-bond acceptors (Lipinski definition) is 5. The second-order valence-corrected chi connectivity index (χ2v) is 8.74. The molecule has 7 nitrogen and oxygen atoms in total. The fraction of sp³-hybridized carbons (Fsp3) is 0.857. The quantitative estimate of drug-likeness (QED) is 0.151. The number of rotatable bonds is 20. The molecule has 2 atom stereocenters. The second-order valence-electron chi connectivity index (χ2n) is 7.55. The summed E-state index contributed by atoms with van der Waals surface area (Å²) in [6, 6.07) is -0.847. The first-order valence-electron chi connectivity index (χ1n) is 11.1. The van der Waals surface area contributed by atoms with E-state index in [1.807, 2.05) is 0 Å². The van der Waals surface area contributed by atoms with Crippen molar-refractivity contribution in [1.82, 2.24) is 5.32 Å². The first-order valence-corrected chi connectivity index (χ1v) is 12.6. The number of phosphoric ester groups is 1. The Morgan fingerprint density at radius 1 is 1.00 bits per heavy atom. The van der Waals surface area contributed by atoms with Crippen LogP contribution in [0.25, 0.3) is 0 Å². The van der Waals surface area contributed by atoms with Gasteiger partial charge in [-0.1, -0.05) is 70.4 Å². The summed E-state index contributed by atoms with van der Waals surface area (Å²) in [7, 11) is -4.85. The Bertz CT molecular complexity index is 466. The molecule has 0 rings (SSSR count). The van der Waals surface area contributed by atoms with E-state index in [1.165, 1.54) is 51.4 Å². The van der Waals surface area contributed by atoms with Crippen LogP contribution >= 0.6 is 7.82 Å². The minimum absolute atomic E-state index is 0.260. The van der Waals surface area contributed by atoms with Crippen molar-refractivity contribution in [1.29, 1.82) is 0 Å². The number of unbranched alkanes of at least 4 members (excludes halogenated alkanes) is 11. The lowest BCUT2D eigenvalue weighted by Crippen LogP contribution is -2.40. The SMILES string of the molecule is CCCCCCCC/C=C\CCCCCCCC(=O)N[C@H](CO)COP(=O)([O-])O. The molecule has 0 saturated carbocycles. The predicted molar refractivity (Wildman–Crippen MR) is 114 cm³/mol.